The van der Waals surface area contributed by atoms with Crippen LogP contribution in [0, 0.1) is 29.5 Å². The average molecular weight is 326 g/mol. The van der Waals surface area contributed by atoms with Crippen LogP contribution in [0.25, 0.3) is 0 Å². The molecule has 0 spiro atoms. The van der Waals surface area contributed by atoms with Crippen LogP contribution < -0.4 is 0 Å². The van der Waals surface area contributed by atoms with Crippen LogP contribution in [-0.4, -0.2) is 20.7 Å². The highest BCUT2D eigenvalue weighted by Gasteiger charge is 2.60. The first-order valence-electron chi connectivity index (χ1n) is 9.11. The normalized spacial score (nSPS) is 38.4. The minimum atomic E-state index is -0.820. The van der Waals surface area contributed by atoms with E-state index in [1.807, 2.05) is 6.07 Å². The van der Waals surface area contributed by atoms with Crippen molar-refractivity contribution in [1.82, 2.24) is 9.97 Å². The number of hydrogen-bond donors (Lipinski definition) is 2. The largest absolute Gasteiger partial charge is 0.388 e. The van der Waals surface area contributed by atoms with Gasteiger partial charge in [-0.2, -0.15) is 0 Å². The summed E-state index contributed by atoms with van der Waals surface area (Å²) in [6.07, 6.45) is 9.29. The van der Waals surface area contributed by atoms with Crippen molar-refractivity contribution in [3.63, 3.8) is 0 Å². The third-order valence-electron chi connectivity index (χ3n) is 6.88. The number of hydrogen-bond acceptors (Lipinski definition) is 2. The van der Waals surface area contributed by atoms with Crippen LogP contribution in [0.1, 0.15) is 49.4 Å². The van der Waals surface area contributed by atoms with Crippen molar-refractivity contribution in [2.75, 3.05) is 0 Å². The summed E-state index contributed by atoms with van der Waals surface area (Å²) in [7, 11) is 0. The maximum Gasteiger partial charge on any atom is 0.123 e. The standard InChI is InChI=1S/C20H23FN2O/c21-17-3-1-2-14(11-17)18(19-22-4-5-23-19)20(24)15-7-12-6-13(9-15)10-16(20)8-12/h1-5,11-13,15-16,18,24H,6-10H2,(H,22,23). The van der Waals surface area contributed by atoms with Gasteiger partial charge in [0.2, 0.25) is 0 Å². The van der Waals surface area contributed by atoms with Crippen LogP contribution in [0.5, 0.6) is 0 Å². The smallest absolute Gasteiger partial charge is 0.123 e. The summed E-state index contributed by atoms with van der Waals surface area (Å²) in [5.41, 5.74) is 0.0129. The fourth-order valence-electron chi connectivity index (χ4n) is 6.18. The molecule has 1 unspecified atom stereocenters. The maximum absolute atomic E-state index is 13.9. The van der Waals surface area contributed by atoms with Crippen LogP contribution in [0.2, 0.25) is 0 Å². The Labute approximate surface area is 141 Å². The molecule has 2 N–H and O–H groups in total. The minimum Gasteiger partial charge on any atom is -0.388 e. The second kappa shape index (κ2) is 5.16. The summed E-state index contributed by atoms with van der Waals surface area (Å²) < 4.78 is 13.9. The molecule has 1 heterocycles. The zero-order chi connectivity index (χ0) is 16.3. The van der Waals surface area contributed by atoms with Gasteiger partial charge in [-0.25, -0.2) is 9.37 Å². The maximum atomic E-state index is 13.9. The lowest BCUT2D eigenvalue weighted by Crippen LogP contribution is -2.60. The molecule has 4 aliphatic carbocycles. The van der Waals surface area contributed by atoms with Gasteiger partial charge in [-0.15, -0.1) is 0 Å². The highest BCUT2D eigenvalue weighted by molar-refractivity contribution is 5.33. The van der Waals surface area contributed by atoms with Crippen LogP contribution in [0.4, 0.5) is 4.39 Å². The molecule has 0 aliphatic heterocycles. The number of nitrogens with one attached hydrogen (secondary N) is 1. The summed E-state index contributed by atoms with van der Waals surface area (Å²) >= 11 is 0. The zero-order valence-corrected chi connectivity index (χ0v) is 13.7. The number of imidazole rings is 1. The van der Waals surface area contributed by atoms with E-state index in [-0.39, 0.29) is 11.7 Å². The van der Waals surface area contributed by atoms with Gasteiger partial charge in [0.25, 0.3) is 0 Å². The predicted octanol–water partition coefficient (Wildman–Crippen LogP) is 3.87. The van der Waals surface area contributed by atoms with E-state index in [0.29, 0.717) is 11.8 Å². The molecule has 0 amide bonds. The summed E-state index contributed by atoms with van der Waals surface area (Å²) in [5.74, 6) is 2.37. The van der Waals surface area contributed by atoms with E-state index in [0.717, 1.165) is 48.9 Å². The van der Waals surface area contributed by atoms with Gasteiger partial charge in [0.15, 0.2) is 0 Å². The number of rotatable bonds is 3. The van der Waals surface area contributed by atoms with E-state index < -0.39 is 5.60 Å². The number of aromatic amines is 1. The number of H-pyrrole nitrogens is 1. The van der Waals surface area contributed by atoms with Crippen molar-refractivity contribution in [2.45, 2.75) is 43.6 Å². The zero-order valence-electron chi connectivity index (χ0n) is 13.7. The van der Waals surface area contributed by atoms with Gasteiger partial charge in [0, 0.05) is 12.4 Å². The Hall–Kier alpha value is -1.68. The van der Waals surface area contributed by atoms with Crippen molar-refractivity contribution in [3.8, 4) is 0 Å². The molecular formula is C20H23FN2O. The Morgan fingerprint density at radius 2 is 1.83 bits per heavy atom. The second-order valence-electron chi connectivity index (χ2n) is 8.15. The molecule has 3 nitrogen and oxygen atoms in total. The molecule has 2 aromatic rings. The predicted molar refractivity (Wildman–Crippen MR) is 88.8 cm³/mol. The molecule has 6 rings (SSSR count). The van der Waals surface area contributed by atoms with Crippen molar-refractivity contribution in [1.29, 1.82) is 0 Å². The number of nitrogens with zero attached hydrogens (tertiary/aromatic N) is 1. The highest BCUT2D eigenvalue weighted by Crippen LogP contribution is 2.62. The lowest BCUT2D eigenvalue weighted by atomic mass is 9.46. The van der Waals surface area contributed by atoms with Gasteiger partial charge >= 0.3 is 0 Å². The molecule has 4 aliphatic rings. The lowest BCUT2D eigenvalue weighted by Gasteiger charge is -2.61. The first-order valence-corrected chi connectivity index (χ1v) is 9.11. The molecule has 4 fully saturated rings. The monoisotopic (exact) mass is 326 g/mol. The van der Waals surface area contributed by atoms with Gasteiger partial charge in [0.1, 0.15) is 11.6 Å². The fraction of sp³-hybridized carbons (Fsp3) is 0.550. The van der Waals surface area contributed by atoms with Crippen molar-refractivity contribution in [3.05, 3.63) is 53.9 Å². The number of benzene rings is 1. The molecule has 0 saturated heterocycles. The molecule has 126 valence electrons. The van der Waals surface area contributed by atoms with Crippen molar-refractivity contribution >= 4 is 0 Å². The van der Waals surface area contributed by atoms with Gasteiger partial charge < -0.3 is 10.1 Å². The molecule has 4 saturated carbocycles. The van der Waals surface area contributed by atoms with Crippen molar-refractivity contribution < 1.29 is 9.50 Å². The molecule has 1 aromatic carbocycles. The Morgan fingerprint density at radius 3 is 2.42 bits per heavy atom. The number of aliphatic hydroxyl groups is 1. The topological polar surface area (TPSA) is 48.9 Å². The van der Waals surface area contributed by atoms with Crippen molar-refractivity contribution in [2.24, 2.45) is 23.7 Å². The number of halogens is 1. The Kier molecular flexibility index (Phi) is 3.15. The van der Waals surface area contributed by atoms with Crippen LogP contribution in [0.15, 0.2) is 36.7 Å². The quantitative estimate of drug-likeness (QED) is 0.899. The summed E-state index contributed by atoms with van der Waals surface area (Å²) in [5, 5.41) is 12.0. The third kappa shape index (κ3) is 2.02. The van der Waals surface area contributed by atoms with Crippen LogP contribution >= 0.6 is 0 Å². The van der Waals surface area contributed by atoms with Crippen LogP contribution in [0.3, 0.4) is 0 Å². The van der Waals surface area contributed by atoms with E-state index in [1.165, 1.54) is 12.5 Å². The van der Waals surface area contributed by atoms with E-state index in [4.69, 9.17) is 0 Å². The molecular weight excluding hydrogens is 303 g/mol. The van der Waals surface area contributed by atoms with E-state index in [1.54, 1.807) is 24.5 Å². The van der Waals surface area contributed by atoms with E-state index >= 15 is 0 Å². The van der Waals surface area contributed by atoms with E-state index in [9.17, 15) is 9.50 Å². The second-order valence-corrected chi connectivity index (χ2v) is 8.15. The summed E-state index contributed by atoms with van der Waals surface area (Å²) in [6, 6.07) is 6.69. The molecule has 4 bridgehead atoms. The molecule has 1 aromatic heterocycles. The minimum absolute atomic E-state index is 0.253. The Bertz CT molecular complexity index is 714. The first-order chi connectivity index (χ1) is 11.6. The summed E-state index contributed by atoms with van der Waals surface area (Å²) in [4.78, 5) is 7.66. The van der Waals surface area contributed by atoms with E-state index in [2.05, 4.69) is 9.97 Å². The fourth-order valence-corrected chi connectivity index (χ4v) is 6.18. The van der Waals surface area contributed by atoms with Crippen LogP contribution in [-0.2, 0) is 0 Å². The SMILES string of the molecule is OC1(C(c2cccc(F)c2)c2ncc[nH]2)C2CC3CC(C2)CC1C3. The molecule has 24 heavy (non-hydrogen) atoms. The van der Waals surface area contributed by atoms with Gasteiger partial charge in [0.05, 0.1) is 11.5 Å². The molecule has 1 atom stereocenters. The first kappa shape index (κ1) is 14.6. The summed E-state index contributed by atoms with van der Waals surface area (Å²) in [6.45, 7) is 0. The highest BCUT2D eigenvalue weighted by atomic mass is 19.1. The third-order valence-corrected chi connectivity index (χ3v) is 6.88. The Morgan fingerprint density at radius 1 is 1.12 bits per heavy atom. The average Bonchev–Trinajstić information content (AvgIpc) is 3.06. The number of aromatic nitrogens is 2. The van der Waals surface area contributed by atoms with Gasteiger partial charge in [-0.3, -0.25) is 0 Å². The Balaban J connectivity index is 1.64. The molecule has 4 heteroatoms. The van der Waals surface area contributed by atoms with Gasteiger partial charge in [-0.1, -0.05) is 12.1 Å². The van der Waals surface area contributed by atoms with Gasteiger partial charge in [-0.05, 0) is 73.5 Å². The lowest BCUT2D eigenvalue weighted by molar-refractivity contribution is -0.181. The molecule has 0 radical (unpaired) electrons.